The van der Waals surface area contributed by atoms with Crippen molar-refractivity contribution in [1.82, 2.24) is 20.2 Å². The van der Waals surface area contributed by atoms with E-state index >= 15 is 0 Å². The van der Waals surface area contributed by atoms with E-state index in [1.165, 1.54) is 0 Å². The third-order valence-corrected chi connectivity index (χ3v) is 2.89. The molecule has 19 heavy (non-hydrogen) atoms. The number of hydrogen-bond donors (Lipinski definition) is 2. The summed E-state index contributed by atoms with van der Waals surface area (Å²) in [6.45, 7) is 0.285. The Morgan fingerprint density at radius 1 is 1.37 bits per heavy atom. The number of rotatable bonds is 5. The number of carbonyl (C=O) groups is 1. The smallest absolute Gasteiger partial charge is 0.234 e. The van der Waals surface area contributed by atoms with E-state index in [2.05, 4.69) is 15.6 Å². The summed E-state index contributed by atoms with van der Waals surface area (Å²) in [6, 6.07) is 9.60. The summed E-state index contributed by atoms with van der Waals surface area (Å²) in [5.74, 6) is 0.759. The molecule has 1 atom stereocenters. The zero-order chi connectivity index (χ0) is 13.7. The second-order valence-electron chi connectivity index (χ2n) is 4.34. The highest BCUT2D eigenvalue weighted by molar-refractivity contribution is 5.78. The van der Waals surface area contributed by atoms with Crippen LogP contribution in [0.1, 0.15) is 17.4 Å². The quantitative estimate of drug-likeness (QED) is 0.835. The molecule has 0 bridgehead atoms. The van der Waals surface area contributed by atoms with Crippen LogP contribution in [0.5, 0.6) is 0 Å². The molecule has 1 aromatic heterocycles. The van der Waals surface area contributed by atoms with E-state index in [1.54, 1.807) is 13.2 Å². The third-order valence-electron chi connectivity index (χ3n) is 2.89. The predicted octanol–water partition coefficient (Wildman–Crippen LogP) is 0.845. The second-order valence-corrected chi connectivity index (χ2v) is 4.34. The first kappa shape index (κ1) is 13.3. The van der Waals surface area contributed by atoms with Gasteiger partial charge in [0.2, 0.25) is 5.91 Å². The van der Waals surface area contributed by atoms with Crippen molar-refractivity contribution >= 4 is 5.91 Å². The lowest BCUT2D eigenvalue weighted by Crippen LogP contribution is -2.36. The van der Waals surface area contributed by atoms with Gasteiger partial charge < -0.3 is 15.2 Å². The van der Waals surface area contributed by atoms with Gasteiger partial charge >= 0.3 is 0 Å². The summed E-state index contributed by atoms with van der Waals surface area (Å²) in [5, 5.41) is 5.84. The molecule has 0 saturated heterocycles. The topological polar surface area (TPSA) is 59.0 Å². The third kappa shape index (κ3) is 3.20. The Hall–Kier alpha value is -2.14. The Bertz CT molecular complexity index is 535. The summed E-state index contributed by atoms with van der Waals surface area (Å²) in [5.41, 5.74) is 1.02. The van der Waals surface area contributed by atoms with Crippen molar-refractivity contribution in [2.75, 3.05) is 13.6 Å². The van der Waals surface area contributed by atoms with E-state index in [1.807, 2.05) is 48.1 Å². The average molecular weight is 258 g/mol. The van der Waals surface area contributed by atoms with E-state index in [0.717, 1.165) is 11.4 Å². The normalized spacial score (nSPS) is 12.1. The molecule has 1 heterocycles. The van der Waals surface area contributed by atoms with Crippen molar-refractivity contribution in [3.63, 3.8) is 0 Å². The molecule has 0 spiro atoms. The van der Waals surface area contributed by atoms with E-state index in [0.29, 0.717) is 0 Å². The summed E-state index contributed by atoms with van der Waals surface area (Å²) in [4.78, 5) is 16.2. The minimum absolute atomic E-state index is 0.0562. The number of hydrogen-bond acceptors (Lipinski definition) is 3. The van der Waals surface area contributed by atoms with Crippen molar-refractivity contribution in [3.8, 4) is 0 Å². The van der Waals surface area contributed by atoms with Gasteiger partial charge in [0, 0.05) is 19.4 Å². The van der Waals surface area contributed by atoms with Gasteiger partial charge in [-0.1, -0.05) is 30.3 Å². The van der Waals surface area contributed by atoms with Crippen LogP contribution in [-0.2, 0) is 11.8 Å². The van der Waals surface area contributed by atoms with Crippen molar-refractivity contribution in [1.29, 1.82) is 0 Å². The van der Waals surface area contributed by atoms with Crippen LogP contribution in [-0.4, -0.2) is 29.1 Å². The van der Waals surface area contributed by atoms with Crippen LogP contribution in [0.3, 0.4) is 0 Å². The Morgan fingerprint density at radius 2 is 2.11 bits per heavy atom. The number of nitrogens with one attached hydrogen (secondary N) is 2. The Morgan fingerprint density at radius 3 is 2.68 bits per heavy atom. The lowest BCUT2D eigenvalue weighted by atomic mass is 10.1. The highest BCUT2D eigenvalue weighted by Crippen LogP contribution is 2.19. The van der Waals surface area contributed by atoms with Crippen LogP contribution in [0.2, 0.25) is 0 Å². The summed E-state index contributed by atoms with van der Waals surface area (Å²) < 4.78 is 1.91. The largest absolute Gasteiger partial charge is 0.341 e. The molecule has 100 valence electrons. The monoisotopic (exact) mass is 258 g/mol. The molecule has 2 rings (SSSR count). The minimum atomic E-state index is -0.234. The Kier molecular flexibility index (Phi) is 4.30. The number of imidazole rings is 1. The molecule has 0 aliphatic carbocycles. The molecule has 0 aliphatic rings. The van der Waals surface area contributed by atoms with Gasteiger partial charge in [0.15, 0.2) is 0 Å². The highest BCUT2D eigenvalue weighted by Gasteiger charge is 2.19. The molecule has 1 aromatic carbocycles. The van der Waals surface area contributed by atoms with Gasteiger partial charge in [-0.15, -0.1) is 0 Å². The average Bonchev–Trinajstić information content (AvgIpc) is 2.83. The van der Waals surface area contributed by atoms with Crippen molar-refractivity contribution in [2.24, 2.45) is 7.05 Å². The fourth-order valence-electron chi connectivity index (χ4n) is 1.97. The molecule has 1 amide bonds. The van der Waals surface area contributed by atoms with Crippen LogP contribution >= 0.6 is 0 Å². The van der Waals surface area contributed by atoms with E-state index in [9.17, 15) is 4.79 Å². The molecular formula is C14H18N4O. The lowest BCUT2D eigenvalue weighted by molar-refractivity contribution is -0.120. The number of aryl methyl sites for hydroxylation is 1. The zero-order valence-electron chi connectivity index (χ0n) is 11.1. The predicted molar refractivity (Wildman–Crippen MR) is 73.6 cm³/mol. The fourth-order valence-corrected chi connectivity index (χ4v) is 1.97. The molecule has 0 radical (unpaired) electrons. The number of aromatic nitrogens is 2. The van der Waals surface area contributed by atoms with Crippen molar-refractivity contribution in [2.45, 2.75) is 6.04 Å². The number of benzene rings is 1. The second kappa shape index (κ2) is 6.15. The Balaban J connectivity index is 2.29. The Labute approximate surface area is 112 Å². The van der Waals surface area contributed by atoms with Crippen LogP contribution in [0.15, 0.2) is 42.7 Å². The fraction of sp³-hybridized carbons (Fsp3) is 0.286. The number of amides is 1. The van der Waals surface area contributed by atoms with Crippen molar-refractivity contribution < 1.29 is 4.79 Å². The molecule has 5 heteroatoms. The number of carbonyl (C=O) groups excluding carboxylic acids is 1. The molecular weight excluding hydrogens is 240 g/mol. The van der Waals surface area contributed by atoms with E-state index in [-0.39, 0.29) is 18.5 Å². The van der Waals surface area contributed by atoms with E-state index in [4.69, 9.17) is 0 Å². The molecule has 1 unspecified atom stereocenters. The van der Waals surface area contributed by atoms with Gasteiger partial charge in [-0.3, -0.25) is 4.79 Å². The van der Waals surface area contributed by atoms with Gasteiger partial charge in [0.1, 0.15) is 11.9 Å². The first-order valence-corrected chi connectivity index (χ1v) is 6.18. The maximum Gasteiger partial charge on any atom is 0.234 e. The van der Waals surface area contributed by atoms with Crippen LogP contribution < -0.4 is 10.6 Å². The maximum absolute atomic E-state index is 11.8. The van der Waals surface area contributed by atoms with Crippen LogP contribution in [0.4, 0.5) is 0 Å². The van der Waals surface area contributed by atoms with Gasteiger partial charge in [-0.05, 0) is 12.6 Å². The number of likely N-dealkylation sites (N-methyl/N-ethyl adjacent to an activating group) is 1. The molecule has 2 N–H and O–H groups in total. The van der Waals surface area contributed by atoms with Gasteiger partial charge in [0.25, 0.3) is 0 Å². The highest BCUT2D eigenvalue weighted by atomic mass is 16.2. The SMILES string of the molecule is CNCC(=O)NC(c1ccccc1)c1nccn1C. The summed E-state index contributed by atoms with van der Waals surface area (Å²) in [7, 11) is 3.67. The minimum Gasteiger partial charge on any atom is -0.341 e. The summed E-state index contributed by atoms with van der Waals surface area (Å²) in [6.07, 6.45) is 3.60. The molecule has 0 aliphatic heterocycles. The standard InChI is InChI=1S/C14H18N4O/c1-15-10-12(19)17-13(11-6-4-3-5-7-11)14-16-8-9-18(14)2/h3-9,13,15H,10H2,1-2H3,(H,17,19). The lowest BCUT2D eigenvalue weighted by Gasteiger charge is -2.19. The van der Waals surface area contributed by atoms with Crippen LogP contribution in [0, 0.1) is 0 Å². The van der Waals surface area contributed by atoms with Gasteiger partial charge in [0.05, 0.1) is 6.54 Å². The van der Waals surface area contributed by atoms with Crippen molar-refractivity contribution in [3.05, 3.63) is 54.1 Å². The molecule has 0 fully saturated rings. The molecule has 5 nitrogen and oxygen atoms in total. The molecule has 0 saturated carbocycles. The molecule has 2 aromatic rings. The van der Waals surface area contributed by atoms with Gasteiger partial charge in [-0.25, -0.2) is 4.98 Å². The maximum atomic E-state index is 11.8. The number of nitrogens with zero attached hydrogens (tertiary/aromatic N) is 2. The van der Waals surface area contributed by atoms with E-state index < -0.39 is 0 Å². The van der Waals surface area contributed by atoms with Gasteiger partial charge in [-0.2, -0.15) is 0 Å². The first-order valence-electron chi connectivity index (χ1n) is 6.18. The van der Waals surface area contributed by atoms with Crippen LogP contribution in [0.25, 0.3) is 0 Å². The summed E-state index contributed by atoms with van der Waals surface area (Å²) >= 11 is 0. The zero-order valence-corrected chi connectivity index (χ0v) is 11.1. The first-order chi connectivity index (χ1) is 9.22.